The molecule has 0 spiro atoms. The minimum absolute atomic E-state index is 0.358. The van der Waals surface area contributed by atoms with Crippen molar-refractivity contribution in [1.29, 1.82) is 0 Å². The second kappa shape index (κ2) is 8.96. The molecule has 1 aliphatic heterocycles. The number of aryl methyl sites for hydroxylation is 1. The first-order valence-corrected chi connectivity index (χ1v) is 9.74. The molecule has 0 saturated carbocycles. The van der Waals surface area contributed by atoms with Crippen LogP contribution in [0.5, 0.6) is 0 Å². The van der Waals surface area contributed by atoms with Crippen LogP contribution in [0.3, 0.4) is 0 Å². The van der Waals surface area contributed by atoms with E-state index in [0.717, 1.165) is 17.7 Å². The maximum absolute atomic E-state index is 12.2. The Labute approximate surface area is 161 Å². The van der Waals surface area contributed by atoms with Gasteiger partial charge in [0.2, 0.25) is 5.78 Å². The summed E-state index contributed by atoms with van der Waals surface area (Å²) in [6.07, 6.45) is 3.89. The van der Waals surface area contributed by atoms with Crippen LogP contribution in [0.4, 0.5) is 0 Å². The molecule has 1 saturated heterocycles. The molecule has 4 heteroatoms. The highest BCUT2D eigenvalue weighted by Gasteiger charge is 2.18. The van der Waals surface area contributed by atoms with Crippen molar-refractivity contribution in [2.75, 3.05) is 6.54 Å². The van der Waals surface area contributed by atoms with Crippen LogP contribution in [-0.4, -0.2) is 29.2 Å². The normalized spacial score (nSPS) is 17.5. The Hall–Kier alpha value is -2.46. The molecule has 1 heterocycles. The van der Waals surface area contributed by atoms with Crippen molar-refractivity contribution in [2.24, 2.45) is 0 Å². The van der Waals surface area contributed by atoms with Crippen molar-refractivity contribution in [1.82, 2.24) is 10.2 Å². The standard InChI is InChI=1S/C23H28N2O2/c1-17-6-12-21(13-7-17)22(26)23(27)24-15-19-8-10-20(11-9-19)16-25-14-4-3-5-18(25)2/h6-13,18H,3-5,14-16H2,1-2H3,(H,24,27). The molecule has 0 aliphatic carbocycles. The Morgan fingerprint density at radius 3 is 2.33 bits per heavy atom. The van der Waals surface area contributed by atoms with Gasteiger partial charge in [-0.3, -0.25) is 14.5 Å². The van der Waals surface area contributed by atoms with Crippen LogP contribution in [0.1, 0.15) is 53.2 Å². The molecular weight excluding hydrogens is 336 g/mol. The van der Waals surface area contributed by atoms with Gasteiger partial charge in [0, 0.05) is 24.7 Å². The van der Waals surface area contributed by atoms with Crippen molar-refractivity contribution in [3.8, 4) is 0 Å². The summed E-state index contributed by atoms with van der Waals surface area (Å²) >= 11 is 0. The number of likely N-dealkylation sites (tertiary alicyclic amines) is 1. The lowest BCUT2D eigenvalue weighted by Crippen LogP contribution is -2.36. The van der Waals surface area contributed by atoms with Crippen LogP contribution in [0, 0.1) is 6.92 Å². The maximum atomic E-state index is 12.2. The van der Waals surface area contributed by atoms with Gasteiger partial charge in [-0.05, 0) is 44.4 Å². The predicted octanol–water partition coefficient (Wildman–Crippen LogP) is 3.87. The summed E-state index contributed by atoms with van der Waals surface area (Å²) in [7, 11) is 0. The molecule has 3 rings (SSSR count). The topological polar surface area (TPSA) is 49.4 Å². The summed E-state index contributed by atoms with van der Waals surface area (Å²) in [6.45, 7) is 6.74. The second-order valence-corrected chi connectivity index (χ2v) is 7.51. The highest BCUT2D eigenvalue weighted by molar-refractivity contribution is 6.42. The van der Waals surface area contributed by atoms with Gasteiger partial charge in [-0.15, -0.1) is 0 Å². The van der Waals surface area contributed by atoms with Crippen LogP contribution in [-0.2, 0) is 17.9 Å². The van der Waals surface area contributed by atoms with Gasteiger partial charge in [0.1, 0.15) is 0 Å². The average Bonchev–Trinajstić information content (AvgIpc) is 2.69. The van der Waals surface area contributed by atoms with Crippen molar-refractivity contribution in [3.63, 3.8) is 0 Å². The van der Waals surface area contributed by atoms with Crippen molar-refractivity contribution in [3.05, 3.63) is 70.8 Å². The molecule has 1 amide bonds. The molecule has 1 unspecified atom stereocenters. The van der Waals surface area contributed by atoms with Crippen LogP contribution in [0.25, 0.3) is 0 Å². The van der Waals surface area contributed by atoms with E-state index in [1.807, 2.05) is 31.2 Å². The molecule has 0 bridgehead atoms. The summed E-state index contributed by atoms with van der Waals surface area (Å²) in [5.74, 6) is -1.06. The van der Waals surface area contributed by atoms with Crippen LogP contribution in [0.2, 0.25) is 0 Å². The summed E-state index contributed by atoms with van der Waals surface area (Å²) < 4.78 is 0. The minimum atomic E-state index is -0.565. The third-order valence-electron chi connectivity index (χ3n) is 5.32. The van der Waals surface area contributed by atoms with E-state index < -0.39 is 11.7 Å². The lowest BCUT2D eigenvalue weighted by molar-refractivity contribution is -0.117. The minimum Gasteiger partial charge on any atom is -0.345 e. The third-order valence-corrected chi connectivity index (χ3v) is 5.32. The van der Waals surface area contributed by atoms with E-state index >= 15 is 0 Å². The molecule has 1 N–H and O–H groups in total. The zero-order chi connectivity index (χ0) is 19.2. The highest BCUT2D eigenvalue weighted by atomic mass is 16.2. The average molecular weight is 364 g/mol. The molecule has 27 heavy (non-hydrogen) atoms. The molecule has 142 valence electrons. The van der Waals surface area contributed by atoms with Gasteiger partial charge < -0.3 is 5.32 Å². The lowest BCUT2D eigenvalue weighted by Gasteiger charge is -2.33. The van der Waals surface area contributed by atoms with E-state index in [9.17, 15) is 9.59 Å². The number of carbonyl (C=O) groups excluding carboxylic acids is 2. The Kier molecular flexibility index (Phi) is 6.40. The fourth-order valence-corrected chi connectivity index (χ4v) is 3.49. The number of nitrogens with one attached hydrogen (secondary N) is 1. The Bertz CT molecular complexity index is 781. The Balaban J connectivity index is 1.51. The second-order valence-electron chi connectivity index (χ2n) is 7.51. The maximum Gasteiger partial charge on any atom is 0.292 e. The molecule has 1 fully saturated rings. The number of ketones is 1. The van der Waals surface area contributed by atoms with E-state index in [0.29, 0.717) is 18.2 Å². The van der Waals surface area contributed by atoms with Gasteiger partial charge in [0.15, 0.2) is 0 Å². The third kappa shape index (κ3) is 5.27. The summed E-state index contributed by atoms with van der Waals surface area (Å²) in [5, 5.41) is 2.72. The number of amides is 1. The van der Waals surface area contributed by atoms with Gasteiger partial charge in [-0.1, -0.05) is 60.5 Å². The van der Waals surface area contributed by atoms with Crippen molar-refractivity contribution < 1.29 is 9.59 Å². The van der Waals surface area contributed by atoms with E-state index in [4.69, 9.17) is 0 Å². The van der Waals surface area contributed by atoms with Crippen LogP contribution < -0.4 is 5.32 Å². The van der Waals surface area contributed by atoms with Gasteiger partial charge in [-0.25, -0.2) is 0 Å². The fourth-order valence-electron chi connectivity index (χ4n) is 3.49. The molecule has 4 nitrogen and oxygen atoms in total. The molecule has 0 aromatic heterocycles. The number of piperidine rings is 1. The number of rotatable bonds is 6. The number of nitrogens with zero attached hydrogens (tertiary/aromatic N) is 1. The van der Waals surface area contributed by atoms with Crippen molar-refractivity contribution >= 4 is 11.7 Å². The number of carbonyl (C=O) groups is 2. The first-order chi connectivity index (χ1) is 13.0. The number of hydrogen-bond donors (Lipinski definition) is 1. The lowest BCUT2D eigenvalue weighted by atomic mass is 10.0. The van der Waals surface area contributed by atoms with Gasteiger partial charge >= 0.3 is 0 Å². The van der Waals surface area contributed by atoms with E-state index in [-0.39, 0.29) is 0 Å². The molecule has 1 aliphatic rings. The highest BCUT2D eigenvalue weighted by Crippen LogP contribution is 2.19. The molecule has 0 radical (unpaired) electrons. The smallest absolute Gasteiger partial charge is 0.292 e. The van der Waals surface area contributed by atoms with Crippen LogP contribution in [0.15, 0.2) is 48.5 Å². The number of benzene rings is 2. The van der Waals surface area contributed by atoms with E-state index in [2.05, 4.69) is 29.3 Å². The number of hydrogen-bond acceptors (Lipinski definition) is 3. The fraction of sp³-hybridized carbons (Fsp3) is 0.391. The quantitative estimate of drug-likeness (QED) is 0.625. The Morgan fingerprint density at radius 2 is 1.67 bits per heavy atom. The summed E-state index contributed by atoms with van der Waals surface area (Å²) in [6, 6.07) is 16.0. The SMILES string of the molecule is Cc1ccc(C(=O)C(=O)NCc2ccc(CN3CCCCC3C)cc2)cc1. The van der Waals surface area contributed by atoms with Gasteiger partial charge in [0.05, 0.1) is 0 Å². The van der Waals surface area contributed by atoms with Gasteiger partial charge in [-0.2, -0.15) is 0 Å². The van der Waals surface area contributed by atoms with Crippen molar-refractivity contribution in [2.45, 2.75) is 52.2 Å². The van der Waals surface area contributed by atoms with E-state index in [1.165, 1.54) is 31.4 Å². The largest absolute Gasteiger partial charge is 0.345 e. The van der Waals surface area contributed by atoms with Crippen LogP contribution >= 0.6 is 0 Å². The molecule has 2 aromatic carbocycles. The summed E-state index contributed by atoms with van der Waals surface area (Å²) in [5.41, 5.74) is 3.76. The van der Waals surface area contributed by atoms with Gasteiger partial charge in [0.25, 0.3) is 5.91 Å². The first kappa shape index (κ1) is 19.3. The van der Waals surface area contributed by atoms with E-state index in [1.54, 1.807) is 12.1 Å². The first-order valence-electron chi connectivity index (χ1n) is 9.74. The zero-order valence-corrected chi connectivity index (χ0v) is 16.2. The zero-order valence-electron chi connectivity index (χ0n) is 16.2. The summed E-state index contributed by atoms with van der Waals surface area (Å²) in [4.78, 5) is 26.8. The molecule has 2 aromatic rings. The monoisotopic (exact) mass is 364 g/mol. The molecule has 1 atom stereocenters. The predicted molar refractivity (Wildman–Crippen MR) is 108 cm³/mol. The number of Topliss-reactive ketones (excluding diaryl/α,β-unsaturated/α-hetero) is 1. The Morgan fingerprint density at radius 1 is 1.00 bits per heavy atom. The molecular formula is C23H28N2O2.